The SMILES string of the molecule is Cc1ccc(Cl)c(NC(=O)C(C(=O)C(C)(CO)CO)n2nnc3ccccc32)c1. The maximum Gasteiger partial charge on any atom is 0.257 e. The molecule has 2 aromatic carbocycles. The number of nitrogens with one attached hydrogen (secondary N) is 1. The minimum Gasteiger partial charge on any atom is -0.395 e. The molecular formula is C20H21ClN4O4. The standard InChI is InChI=1S/C20H21ClN4O4/c1-12-7-8-13(21)15(9-12)22-19(29)17(18(28)20(2,10-26)11-27)25-16-6-4-3-5-14(16)23-24-25/h3-9,17,26-27H,10-11H2,1-2H3,(H,22,29). The van der Waals surface area contributed by atoms with E-state index in [2.05, 4.69) is 15.6 Å². The van der Waals surface area contributed by atoms with Gasteiger partial charge >= 0.3 is 0 Å². The molecule has 0 spiro atoms. The first-order valence-corrected chi connectivity index (χ1v) is 9.31. The molecule has 1 aromatic heterocycles. The molecule has 0 fully saturated rings. The van der Waals surface area contributed by atoms with Crippen molar-refractivity contribution in [3.8, 4) is 0 Å². The summed E-state index contributed by atoms with van der Waals surface area (Å²) in [4.78, 5) is 26.4. The Kier molecular flexibility index (Phi) is 5.97. The van der Waals surface area contributed by atoms with Crippen LogP contribution in [0.25, 0.3) is 11.0 Å². The van der Waals surface area contributed by atoms with E-state index in [1.54, 1.807) is 42.5 Å². The fourth-order valence-corrected chi connectivity index (χ4v) is 3.06. The number of hydrogen-bond donors (Lipinski definition) is 3. The molecule has 152 valence electrons. The zero-order valence-electron chi connectivity index (χ0n) is 16.0. The molecule has 0 aliphatic carbocycles. The van der Waals surface area contributed by atoms with E-state index < -0.39 is 36.4 Å². The Morgan fingerprint density at radius 1 is 1.21 bits per heavy atom. The third kappa shape index (κ3) is 4.00. The van der Waals surface area contributed by atoms with Gasteiger partial charge in [-0.3, -0.25) is 9.59 Å². The fraction of sp³-hybridized carbons (Fsp3) is 0.300. The van der Waals surface area contributed by atoms with Gasteiger partial charge in [0.05, 0.1) is 34.9 Å². The molecule has 1 amide bonds. The van der Waals surface area contributed by atoms with Crippen molar-refractivity contribution in [2.75, 3.05) is 18.5 Å². The minimum absolute atomic E-state index is 0.311. The van der Waals surface area contributed by atoms with Gasteiger partial charge < -0.3 is 15.5 Å². The van der Waals surface area contributed by atoms with E-state index in [-0.39, 0.29) is 0 Å². The lowest BCUT2D eigenvalue weighted by Crippen LogP contribution is -2.45. The normalized spacial score (nSPS) is 12.7. The molecule has 0 saturated carbocycles. The molecule has 29 heavy (non-hydrogen) atoms. The van der Waals surface area contributed by atoms with E-state index in [4.69, 9.17) is 11.6 Å². The maximum absolute atomic E-state index is 13.3. The number of ketones is 1. The zero-order chi connectivity index (χ0) is 21.2. The summed E-state index contributed by atoms with van der Waals surface area (Å²) in [5.41, 5.74) is 0.629. The summed E-state index contributed by atoms with van der Waals surface area (Å²) in [6.07, 6.45) is 0. The molecule has 0 bridgehead atoms. The van der Waals surface area contributed by atoms with Crippen LogP contribution in [-0.2, 0) is 9.59 Å². The number of benzene rings is 2. The molecule has 9 heteroatoms. The van der Waals surface area contributed by atoms with Crippen LogP contribution in [-0.4, -0.2) is 50.1 Å². The third-order valence-electron chi connectivity index (χ3n) is 4.79. The highest BCUT2D eigenvalue weighted by molar-refractivity contribution is 6.34. The number of rotatable bonds is 7. The second-order valence-corrected chi connectivity index (χ2v) is 7.55. The van der Waals surface area contributed by atoms with E-state index >= 15 is 0 Å². The number of aryl methyl sites for hydroxylation is 1. The second kappa shape index (κ2) is 8.28. The number of aromatic nitrogens is 3. The van der Waals surface area contributed by atoms with Crippen molar-refractivity contribution in [1.29, 1.82) is 0 Å². The number of aliphatic hydroxyl groups excluding tert-OH is 2. The first-order chi connectivity index (χ1) is 13.8. The smallest absolute Gasteiger partial charge is 0.257 e. The van der Waals surface area contributed by atoms with Gasteiger partial charge in [-0.2, -0.15) is 0 Å². The van der Waals surface area contributed by atoms with Crippen molar-refractivity contribution >= 4 is 40.0 Å². The monoisotopic (exact) mass is 416 g/mol. The summed E-state index contributed by atoms with van der Waals surface area (Å²) >= 11 is 6.17. The van der Waals surface area contributed by atoms with E-state index in [0.29, 0.717) is 21.7 Å². The Hall–Kier alpha value is -2.81. The number of para-hydroxylation sites is 1. The molecule has 0 aliphatic rings. The molecule has 0 saturated heterocycles. The van der Waals surface area contributed by atoms with Crippen molar-refractivity contribution in [2.24, 2.45) is 5.41 Å². The molecule has 3 aromatic rings. The number of carbonyl (C=O) groups is 2. The summed E-state index contributed by atoms with van der Waals surface area (Å²) in [6.45, 7) is 1.95. The highest BCUT2D eigenvalue weighted by Gasteiger charge is 2.43. The van der Waals surface area contributed by atoms with Crippen molar-refractivity contribution in [2.45, 2.75) is 19.9 Å². The lowest BCUT2D eigenvalue weighted by Gasteiger charge is -2.28. The number of nitrogens with zero attached hydrogens (tertiary/aromatic N) is 3. The van der Waals surface area contributed by atoms with Gasteiger partial charge in [-0.05, 0) is 43.7 Å². The van der Waals surface area contributed by atoms with Crippen LogP contribution in [0.5, 0.6) is 0 Å². The van der Waals surface area contributed by atoms with E-state index in [0.717, 1.165) is 5.56 Å². The summed E-state index contributed by atoms with van der Waals surface area (Å²) in [6, 6.07) is 10.5. The van der Waals surface area contributed by atoms with E-state index in [9.17, 15) is 19.8 Å². The van der Waals surface area contributed by atoms with Crippen molar-refractivity contribution < 1.29 is 19.8 Å². The molecule has 3 N–H and O–H groups in total. The lowest BCUT2D eigenvalue weighted by molar-refractivity contribution is -0.140. The van der Waals surface area contributed by atoms with Crippen LogP contribution in [0.1, 0.15) is 18.5 Å². The lowest BCUT2D eigenvalue weighted by atomic mass is 9.83. The highest BCUT2D eigenvalue weighted by atomic mass is 35.5. The molecule has 1 unspecified atom stereocenters. The Morgan fingerprint density at radius 2 is 1.90 bits per heavy atom. The van der Waals surface area contributed by atoms with Gasteiger partial charge in [-0.25, -0.2) is 4.68 Å². The van der Waals surface area contributed by atoms with Crippen molar-refractivity contribution in [3.05, 3.63) is 53.1 Å². The molecule has 0 radical (unpaired) electrons. The third-order valence-corrected chi connectivity index (χ3v) is 5.12. The molecular weight excluding hydrogens is 396 g/mol. The Balaban J connectivity index is 2.08. The number of amides is 1. The van der Waals surface area contributed by atoms with Gasteiger partial charge in [0.2, 0.25) is 0 Å². The fourth-order valence-electron chi connectivity index (χ4n) is 2.89. The largest absolute Gasteiger partial charge is 0.395 e. The predicted octanol–water partition coefficient (Wildman–Crippen LogP) is 2.13. The summed E-state index contributed by atoms with van der Waals surface area (Å²) in [7, 11) is 0. The molecule has 0 aliphatic heterocycles. The van der Waals surface area contributed by atoms with Crippen LogP contribution in [0.3, 0.4) is 0 Å². The number of fused-ring (bicyclic) bond motifs is 1. The Bertz CT molecular complexity index is 1060. The summed E-state index contributed by atoms with van der Waals surface area (Å²) in [5.74, 6) is -1.40. The molecule has 1 atom stereocenters. The highest BCUT2D eigenvalue weighted by Crippen LogP contribution is 2.29. The molecule has 1 heterocycles. The average Bonchev–Trinajstić information content (AvgIpc) is 3.14. The Labute approximate surface area is 172 Å². The topological polar surface area (TPSA) is 117 Å². The van der Waals surface area contributed by atoms with Gasteiger partial charge in [0.15, 0.2) is 11.8 Å². The summed E-state index contributed by atoms with van der Waals surface area (Å²) in [5, 5.41) is 30.3. The van der Waals surface area contributed by atoms with Crippen molar-refractivity contribution in [3.63, 3.8) is 0 Å². The van der Waals surface area contributed by atoms with Gasteiger partial charge in [-0.15, -0.1) is 5.10 Å². The van der Waals surface area contributed by atoms with Crippen LogP contribution < -0.4 is 5.32 Å². The van der Waals surface area contributed by atoms with Crippen LogP contribution in [0.15, 0.2) is 42.5 Å². The molecule has 3 rings (SSSR count). The number of Topliss-reactive ketones (excluding diaryl/α,β-unsaturated/α-hetero) is 1. The number of anilines is 1. The minimum atomic E-state index is -1.55. The number of hydrogen-bond acceptors (Lipinski definition) is 6. The number of carbonyl (C=O) groups excluding carboxylic acids is 2. The second-order valence-electron chi connectivity index (χ2n) is 7.14. The van der Waals surface area contributed by atoms with Crippen LogP contribution in [0.4, 0.5) is 5.69 Å². The van der Waals surface area contributed by atoms with Gasteiger partial charge in [0.1, 0.15) is 5.52 Å². The molecule has 8 nitrogen and oxygen atoms in total. The number of halogens is 1. The predicted molar refractivity (Wildman–Crippen MR) is 109 cm³/mol. The van der Waals surface area contributed by atoms with Gasteiger partial charge in [0, 0.05) is 0 Å². The zero-order valence-corrected chi connectivity index (χ0v) is 16.7. The van der Waals surface area contributed by atoms with Crippen LogP contribution >= 0.6 is 11.6 Å². The first-order valence-electron chi connectivity index (χ1n) is 8.93. The average molecular weight is 417 g/mol. The van der Waals surface area contributed by atoms with E-state index in [1.165, 1.54) is 11.6 Å². The van der Waals surface area contributed by atoms with Gasteiger partial charge in [0.25, 0.3) is 5.91 Å². The van der Waals surface area contributed by atoms with E-state index in [1.807, 2.05) is 6.92 Å². The first kappa shape index (κ1) is 20.9. The van der Waals surface area contributed by atoms with Crippen LogP contribution in [0, 0.1) is 12.3 Å². The Morgan fingerprint density at radius 3 is 2.59 bits per heavy atom. The summed E-state index contributed by atoms with van der Waals surface area (Å²) < 4.78 is 1.19. The van der Waals surface area contributed by atoms with Crippen molar-refractivity contribution in [1.82, 2.24) is 15.0 Å². The quantitative estimate of drug-likeness (QED) is 0.508. The van der Waals surface area contributed by atoms with Crippen LogP contribution in [0.2, 0.25) is 5.02 Å². The maximum atomic E-state index is 13.3. The van der Waals surface area contributed by atoms with Gasteiger partial charge in [-0.1, -0.05) is 35.0 Å². The number of aliphatic hydroxyl groups is 2.